The number of hydrogen-bond donors (Lipinski definition) is 1. The molecule has 2 unspecified atom stereocenters. The maximum absolute atomic E-state index is 13.1. The number of nitrogens with one attached hydrogen (secondary N) is 1. The van der Waals surface area contributed by atoms with Crippen LogP contribution in [0.4, 0.5) is 4.39 Å². The second-order valence-corrected chi connectivity index (χ2v) is 7.20. The zero-order valence-electron chi connectivity index (χ0n) is 15.3. The van der Waals surface area contributed by atoms with Crippen molar-refractivity contribution < 1.29 is 9.18 Å². The van der Waals surface area contributed by atoms with E-state index in [1.807, 2.05) is 36.9 Å². The quantitative estimate of drug-likeness (QED) is 0.926. The van der Waals surface area contributed by atoms with Crippen LogP contribution in [0.5, 0.6) is 0 Å². The Labute approximate surface area is 148 Å². The fourth-order valence-corrected chi connectivity index (χ4v) is 3.63. The Morgan fingerprint density at radius 2 is 1.84 bits per heavy atom. The van der Waals surface area contributed by atoms with Crippen molar-refractivity contribution in [2.24, 2.45) is 0 Å². The van der Waals surface area contributed by atoms with Crippen molar-refractivity contribution in [3.63, 3.8) is 0 Å². The monoisotopic (exact) mass is 343 g/mol. The summed E-state index contributed by atoms with van der Waals surface area (Å²) in [6.45, 7) is 10.4. The normalized spacial score (nSPS) is 21.6. The number of aromatic amines is 1. The van der Waals surface area contributed by atoms with Crippen molar-refractivity contribution in [1.29, 1.82) is 0 Å². The molecule has 3 rings (SSSR count). The van der Waals surface area contributed by atoms with Crippen molar-refractivity contribution in [1.82, 2.24) is 14.8 Å². The molecule has 1 N–H and O–H groups in total. The number of rotatable bonds is 3. The predicted molar refractivity (Wildman–Crippen MR) is 97.0 cm³/mol. The van der Waals surface area contributed by atoms with E-state index >= 15 is 0 Å². The van der Waals surface area contributed by atoms with Crippen molar-refractivity contribution in [3.8, 4) is 0 Å². The van der Waals surface area contributed by atoms with E-state index in [0.29, 0.717) is 6.54 Å². The number of aromatic nitrogens is 1. The number of halogens is 1. The molecule has 1 aromatic carbocycles. The summed E-state index contributed by atoms with van der Waals surface area (Å²) in [5.74, 6) is -0.111. The molecular weight excluding hydrogens is 317 g/mol. The molecular formula is C20H26FN3O. The Morgan fingerprint density at radius 1 is 1.16 bits per heavy atom. The van der Waals surface area contributed by atoms with Crippen LogP contribution in [-0.2, 0) is 6.54 Å². The van der Waals surface area contributed by atoms with Gasteiger partial charge in [-0.3, -0.25) is 9.69 Å². The Balaban J connectivity index is 1.70. The molecule has 0 aliphatic carbocycles. The van der Waals surface area contributed by atoms with Gasteiger partial charge < -0.3 is 9.88 Å². The first-order valence-corrected chi connectivity index (χ1v) is 8.81. The van der Waals surface area contributed by atoms with E-state index in [9.17, 15) is 9.18 Å². The lowest BCUT2D eigenvalue weighted by Gasteiger charge is -2.44. The first kappa shape index (κ1) is 17.7. The summed E-state index contributed by atoms with van der Waals surface area (Å²) < 4.78 is 13.1. The van der Waals surface area contributed by atoms with Crippen molar-refractivity contribution in [2.45, 2.75) is 46.3 Å². The molecule has 1 aromatic heterocycles. The highest BCUT2D eigenvalue weighted by molar-refractivity contribution is 5.96. The smallest absolute Gasteiger partial charge is 0.256 e. The first-order valence-electron chi connectivity index (χ1n) is 8.81. The second kappa shape index (κ2) is 7.00. The molecule has 0 saturated carbocycles. The number of piperazine rings is 1. The SMILES string of the molecule is Cc1cc(C(=O)N2CC(C)N(Cc3ccc(F)cc3)CC2C)c(C)[nH]1. The minimum Gasteiger partial charge on any atom is -0.362 e. The topological polar surface area (TPSA) is 39.3 Å². The Kier molecular flexibility index (Phi) is 4.95. The van der Waals surface area contributed by atoms with E-state index in [-0.39, 0.29) is 23.8 Å². The van der Waals surface area contributed by atoms with Crippen molar-refractivity contribution >= 4 is 5.91 Å². The summed E-state index contributed by atoms with van der Waals surface area (Å²) in [6.07, 6.45) is 0. The van der Waals surface area contributed by atoms with Gasteiger partial charge in [0.2, 0.25) is 0 Å². The van der Waals surface area contributed by atoms with Gasteiger partial charge >= 0.3 is 0 Å². The molecule has 1 amide bonds. The summed E-state index contributed by atoms with van der Waals surface area (Å²) >= 11 is 0. The van der Waals surface area contributed by atoms with Crippen molar-refractivity contribution in [3.05, 3.63) is 58.7 Å². The van der Waals surface area contributed by atoms with Crippen LogP contribution in [0.2, 0.25) is 0 Å². The van der Waals surface area contributed by atoms with Crippen LogP contribution >= 0.6 is 0 Å². The third-order valence-corrected chi connectivity index (χ3v) is 5.05. The number of aryl methyl sites for hydroxylation is 2. The molecule has 1 aliphatic heterocycles. The molecule has 134 valence electrons. The van der Waals surface area contributed by atoms with Crippen LogP contribution < -0.4 is 0 Å². The fraction of sp³-hybridized carbons (Fsp3) is 0.450. The number of carbonyl (C=O) groups excluding carboxylic acids is 1. The van der Waals surface area contributed by atoms with Gasteiger partial charge in [-0.25, -0.2) is 4.39 Å². The molecule has 1 aliphatic rings. The molecule has 25 heavy (non-hydrogen) atoms. The van der Waals surface area contributed by atoms with Crippen LogP contribution in [0.3, 0.4) is 0 Å². The van der Waals surface area contributed by atoms with Crippen LogP contribution in [0, 0.1) is 19.7 Å². The summed E-state index contributed by atoms with van der Waals surface area (Å²) in [7, 11) is 0. The lowest BCUT2D eigenvalue weighted by Crippen LogP contribution is -2.57. The van der Waals surface area contributed by atoms with E-state index in [4.69, 9.17) is 0 Å². The average Bonchev–Trinajstić information content (AvgIpc) is 2.90. The van der Waals surface area contributed by atoms with Crippen LogP contribution in [0.1, 0.15) is 41.2 Å². The molecule has 2 atom stereocenters. The second-order valence-electron chi connectivity index (χ2n) is 7.20. The first-order chi connectivity index (χ1) is 11.8. The minimum absolute atomic E-state index is 0.0997. The molecule has 2 aromatic rings. The van der Waals surface area contributed by atoms with Crippen LogP contribution in [-0.4, -0.2) is 45.9 Å². The highest BCUT2D eigenvalue weighted by Gasteiger charge is 2.33. The van der Waals surface area contributed by atoms with Crippen LogP contribution in [0.25, 0.3) is 0 Å². The molecule has 2 heterocycles. The molecule has 4 nitrogen and oxygen atoms in total. The Bertz CT molecular complexity index is 753. The molecule has 1 saturated heterocycles. The number of nitrogens with zero attached hydrogens (tertiary/aromatic N) is 2. The maximum atomic E-state index is 13.1. The molecule has 0 spiro atoms. The van der Waals surface area contributed by atoms with Gasteiger partial charge in [0.15, 0.2) is 0 Å². The Morgan fingerprint density at radius 3 is 2.44 bits per heavy atom. The van der Waals surface area contributed by atoms with Gasteiger partial charge in [-0.15, -0.1) is 0 Å². The van der Waals surface area contributed by atoms with Gasteiger partial charge in [0.1, 0.15) is 5.82 Å². The number of carbonyl (C=O) groups is 1. The van der Waals surface area contributed by atoms with Gasteiger partial charge in [-0.1, -0.05) is 12.1 Å². The number of amides is 1. The lowest BCUT2D eigenvalue weighted by molar-refractivity contribution is 0.0290. The molecule has 0 bridgehead atoms. The van der Waals surface area contributed by atoms with E-state index in [0.717, 1.165) is 35.6 Å². The number of benzene rings is 1. The number of H-pyrrole nitrogens is 1. The third kappa shape index (κ3) is 3.76. The lowest BCUT2D eigenvalue weighted by atomic mass is 10.0. The van der Waals surface area contributed by atoms with Crippen LogP contribution in [0.15, 0.2) is 30.3 Å². The van der Waals surface area contributed by atoms with E-state index in [1.165, 1.54) is 12.1 Å². The minimum atomic E-state index is -0.210. The maximum Gasteiger partial charge on any atom is 0.256 e. The Hall–Kier alpha value is -2.14. The average molecular weight is 343 g/mol. The third-order valence-electron chi connectivity index (χ3n) is 5.05. The summed E-state index contributed by atoms with van der Waals surface area (Å²) in [4.78, 5) is 20.5. The molecule has 5 heteroatoms. The summed E-state index contributed by atoms with van der Waals surface area (Å²) in [5.41, 5.74) is 3.80. The zero-order valence-corrected chi connectivity index (χ0v) is 15.3. The van der Waals surface area contributed by atoms with Gasteiger partial charge in [0, 0.05) is 43.1 Å². The molecule has 1 fully saturated rings. The van der Waals surface area contributed by atoms with E-state index in [2.05, 4.69) is 23.7 Å². The fourth-order valence-electron chi connectivity index (χ4n) is 3.63. The summed E-state index contributed by atoms with van der Waals surface area (Å²) in [6, 6.07) is 8.98. The predicted octanol–water partition coefficient (Wildman–Crippen LogP) is 3.51. The highest BCUT2D eigenvalue weighted by atomic mass is 19.1. The summed E-state index contributed by atoms with van der Waals surface area (Å²) in [5, 5.41) is 0. The zero-order chi connectivity index (χ0) is 18.1. The standard InChI is InChI=1S/C20H26FN3O/c1-13-9-19(16(4)22-13)20(25)24-11-14(2)23(10-15(24)3)12-17-5-7-18(21)8-6-17/h5-9,14-15,22H,10-12H2,1-4H3. The van der Waals surface area contributed by atoms with E-state index in [1.54, 1.807) is 0 Å². The van der Waals surface area contributed by atoms with Gasteiger partial charge in [0.05, 0.1) is 5.56 Å². The number of hydrogen-bond acceptors (Lipinski definition) is 2. The van der Waals surface area contributed by atoms with Gasteiger partial charge in [0.25, 0.3) is 5.91 Å². The molecule has 0 radical (unpaired) electrons. The largest absolute Gasteiger partial charge is 0.362 e. The van der Waals surface area contributed by atoms with E-state index < -0.39 is 0 Å². The van der Waals surface area contributed by atoms with Crippen molar-refractivity contribution in [2.75, 3.05) is 13.1 Å². The highest BCUT2D eigenvalue weighted by Crippen LogP contribution is 2.22. The van der Waals surface area contributed by atoms with Gasteiger partial charge in [-0.2, -0.15) is 0 Å². The van der Waals surface area contributed by atoms with Gasteiger partial charge in [-0.05, 0) is 51.5 Å².